The summed E-state index contributed by atoms with van der Waals surface area (Å²) in [6, 6.07) is 0. The summed E-state index contributed by atoms with van der Waals surface area (Å²) in [5, 5.41) is 0. The average molecular weight is 463 g/mol. The number of likely N-dealkylation sites (N-methyl/N-ethyl adjacent to an activating group) is 3. The molecule has 0 atom stereocenters. The van der Waals surface area contributed by atoms with Crippen LogP contribution in [0.3, 0.4) is 0 Å². The van der Waals surface area contributed by atoms with Crippen LogP contribution in [0.5, 0.6) is 0 Å². The van der Waals surface area contributed by atoms with Crippen molar-refractivity contribution in [2.45, 2.75) is 40.5 Å². The Morgan fingerprint density at radius 3 is 1.67 bits per heavy atom. The highest BCUT2D eigenvalue weighted by Gasteiger charge is 2.13. The first-order valence-electron chi connectivity index (χ1n) is 11.6. The average Bonchev–Trinajstić information content (AvgIpc) is 2.80. The minimum atomic E-state index is -0.163. The molecule has 0 fully saturated rings. The lowest BCUT2D eigenvalue weighted by Gasteiger charge is -2.23. The SMILES string of the molecule is C=CC(=O)N(CC)CCCN(CC)C(=O)/C=C/C=C/C(=O)N(C)CCCN(C)C(=O)C(C)C. The zero-order valence-corrected chi connectivity index (χ0v) is 21.2. The standard InChI is InChI=1S/C25H42N4O4/c1-8-22(30)28(9-2)19-14-20-29(10-3)24(32)16-12-11-15-23(31)26(6)17-13-18-27(7)25(33)21(4)5/h8,11-12,15-16,21H,1,9-10,13-14,17-20H2,2-7H3/b15-11+,16-12+. The monoisotopic (exact) mass is 462 g/mol. The van der Waals surface area contributed by atoms with Gasteiger partial charge in [-0.3, -0.25) is 19.2 Å². The molecule has 0 aliphatic carbocycles. The summed E-state index contributed by atoms with van der Waals surface area (Å²) in [6.45, 7) is 14.4. The molecule has 0 spiro atoms. The second-order valence-corrected chi connectivity index (χ2v) is 8.14. The van der Waals surface area contributed by atoms with Gasteiger partial charge in [0.05, 0.1) is 0 Å². The maximum Gasteiger partial charge on any atom is 0.246 e. The molecule has 0 rings (SSSR count). The topological polar surface area (TPSA) is 81.2 Å². The molecule has 0 heterocycles. The molecule has 0 aliphatic heterocycles. The second-order valence-electron chi connectivity index (χ2n) is 8.14. The van der Waals surface area contributed by atoms with E-state index in [-0.39, 0.29) is 29.5 Å². The molecule has 186 valence electrons. The Kier molecular flexibility index (Phi) is 15.2. The van der Waals surface area contributed by atoms with E-state index < -0.39 is 0 Å². The van der Waals surface area contributed by atoms with E-state index in [1.807, 2.05) is 27.7 Å². The Morgan fingerprint density at radius 2 is 1.18 bits per heavy atom. The van der Waals surface area contributed by atoms with Gasteiger partial charge in [0.1, 0.15) is 0 Å². The zero-order valence-electron chi connectivity index (χ0n) is 21.2. The highest BCUT2D eigenvalue weighted by Crippen LogP contribution is 2.01. The van der Waals surface area contributed by atoms with E-state index in [4.69, 9.17) is 0 Å². The lowest BCUT2D eigenvalue weighted by molar-refractivity contribution is -0.133. The fraction of sp³-hybridized carbons (Fsp3) is 0.600. The lowest BCUT2D eigenvalue weighted by atomic mass is 10.2. The van der Waals surface area contributed by atoms with Crippen LogP contribution in [-0.4, -0.2) is 96.6 Å². The van der Waals surface area contributed by atoms with E-state index in [1.54, 1.807) is 45.8 Å². The van der Waals surface area contributed by atoms with Crippen LogP contribution in [0.1, 0.15) is 40.5 Å². The van der Waals surface area contributed by atoms with Crippen molar-refractivity contribution >= 4 is 23.6 Å². The molecule has 0 radical (unpaired) electrons. The van der Waals surface area contributed by atoms with Crippen LogP contribution >= 0.6 is 0 Å². The first-order chi connectivity index (χ1) is 15.6. The molecule has 0 saturated heterocycles. The van der Waals surface area contributed by atoms with Crippen LogP contribution in [0.25, 0.3) is 0 Å². The van der Waals surface area contributed by atoms with Crippen LogP contribution < -0.4 is 0 Å². The van der Waals surface area contributed by atoms with E-state index in [0.29, 0.717) is 52.1 Å². The molecule has 0 aromatic carbocycles. The molecule has 0 aromatic heterocycles. The van der Waals surface area contributed by atoms with E-state index in [9.17, 15) is 19.2 Å². The number of rotatable bonds is 15. The molecule has 0 N–H and O–H groups in total. The van der Waals surface area contributed by atoms with Gasteiger partial charge in [-0.25, -0.2) is 0 Å². The van der Waals surface area contributed by atoms with Crippen molar-refractivity contribution in [3.8, 4) is 0 Å². The first-order valence-corrected chi connectivity index (χ1v) is 11.6. The number of carbonyl (C=O) groups is 4. The Balaban J connectivity index is 4.47. The normalized spacial score (nSPS) is 11.1. The van der Waals surface area contributed by atoms with Crippen molar-refractivity contribution in [2.24, 2.45) is 5.92 Å². The third kappa shape index (κ3) is 12.1. The van der Waals surface area contributed by atoms with Gasteiger partial charge in [0.2, 0.25) is 23.6 Å². The van der Waals surface area contributed by atoms with Crippen LogP contribution in [-0.2, 0) is 19.2 Å². The van der Waals surface area contributed by atoms with Crippen LogP contribution in [0.2, 0.25) is 0 Å². The fourth-order valence-electron chi connectivity index (χ4n) is 3.14. The minimum absolute atomic E-state index is 0.0390. The van der Waals surface area contributed by atoms with E-state index in [1.165, 1.54) is 18.2 Å². The van der Waals surface area contributed by atoms with Crippen molar-refractivity contribution in [3.05, 3.63) is 37.0 Å². The number of hydrogen-bond donors (Lipinski definition) is 0. The van der Waals surface area contributed by atoms with Gasteiger partial charge < -0.3 is 19.6 Å². The van der Waals surface area contributed by atoms with Crippen molar-refractivity contribution < 1.29 is 19.2 Å². The summed E-state index contributed by atoms with van der Waals surface area (Å²) < 4.78 is 0. The lowest BCUT2D eigenvalue weighted by Crippen LogP contribution is -2.35. The van der Waals surface area contributed by atoms with E-state index >= 15 is 0 Å². The number of amides is 4. The third-order valence-corrected chi connectivity index (χ3v) is 5.24. The third-order valence-electron chi connectivity index (χ3n) is 5.24. The Labute approximate surface area is 199 Å². The van der Waals surface area contributed by atoms with Crippen molar-refractivity contribution in [3.63, 3.8) is 0 Å². The molecular weight excluding hydrogens is 420 g/mol. The molecule has 0 aliphatic rings. The van der Waals surface area contributed by atoms with Crippen LogP contribution in [0.15, 0.2) is 37.0 Å². The molecule has 0 bridgehead atoms. The van der Waals surface area contributed by atoms with Gasteiger partial charge in [-0.05, 0) is 32.8 Å². The summed E-state index contributed by atoms with van der Waals surface area (Å²) in [5.41, 5.74) is 0. The minimum Gasteiger partial charge on any atom is -0.345 e. The Bertz CT molecular complexity index is 715. The first kappa shape index (κ1) is 30.1. The Morgan fingerprint density at radius 1 is 0.727 bits per heavy atom. The van der Waals surface area contributed by atoms with Gasteiger partial charge in [0.15, 0.2) is 0 Å². The van der Waals surface area contributed by atoms with Crippen molar-refractivity contribution in [1.29, 1.82) is 0 Å². The fourth-order valence-corrected chi connectivity index (χ4v) is 3.14. The molecule has 0 unspecified atom stereocenters. The maximum absolute atomic E-state index is 12.4. The van der Waals surface area contributed by atoms with Crippen molar-refractivity contribution in [1.82, 2.24) is 19.6 Å². The molecule has 8 nitrogen and oxygen atoms in total. The molecule has 33 heavy (non-hydrogen) atoms. The number of allylic oxidation sites excluding steroid dienone is 2. The van der Waals surface area contributed by atoms with Crippen molar-refractivity contribution in [2.75, 3.05) is 53.4 Å². The number of nitrogens with zero attached hydrogens (tertiary/aromatic N) is 4. The molecule has 4 amide bonds. The van der Waals surface area contributed by atoms with E-state index in [0.717, 1.165) is 0 Å². The molecule has 8 heteroatoms. The Hall–Kier alpha value is -2.90. The summed E-state index contributed by atoms with van der Waals surface area (Å²) in [6.07, 6.45) is 8.64. The van der Waals surface area contributed by atoms with Crippen LogP contribution in [0.4, 0.5) is 0 Å². The summed E-state index contributed by atoms with van der Waals surface area (Å²) >= 11 is 0. The number of hydrogen-bond acceptors (Lipinski definition) is 4. The smallest absolute Gasteiger partial charge is 0.246 e. The van der Waals surface area contributed by atoms with Gasteiger partial charge in [0.25, 0.3) is 0 Å². The maximum atomic E-state index is 12.4. The second kappa shape index (κ2) is 16.7. The molecule has 0 saturated carbocycles. The van der Waals surface area contributed by atoms with E-state index in [2.05, 4.69) is 6.58 Å². The summed E-state index contributed by atoms with van der Waals surface area (Å²) in [5.74, 6) is -0.360. The van der Waals surface area contributed by atoms with Gasteiger partial charge in [-0.1, -0.05) is 32.6 Å². The van der Waals surface area contributed by atoms with Gasteiger partial charge >= 0.3 is 0 Å². The van der Waals surface area contributed by atoms with Gasteiger partial charge in [-0.15, -0.1) is 0 Å². The van der Waals surface area contributed by atoms with Crippen LogP contribution in [0, 0.1) is 5.92 Å². The number of carbonyl (C=O) groups excluding carboxylic acids is 4. The quantitative estimate of drug-likeness (QED) is 0.276. The van der Waals surface area contributed by atoms with Gasteiger partial charge in [0, 0.05) is 71.4 Å². The largest absolute Gasteiger partial charge is 0.345 e. The molecular formula is C25H42N4O4. The predicted octanol–water partition coefficient (Wildman–Crippen LogP) is 2.33. The highest BCUT2D eigenvalue weighted by atomic mass is 16.2. The summed E-state index contributed by atoms with van der Waals surface area (Å²) in [4.78, 5) is 54.8. The van der Waals surface area contributed by atoms with Gasteiger partial charge in [-0.2, -0.15) is 0 Å². The molecule has 0 aromatic rings. The zero-order chi connectivity index (χ0) is 25.4. The highest BCUT2D eigenvalue weighted by molar-refractivity contribution is 5.90. The summed E-state index contributed by atoms with van der Waals surface area (Å²) in [7, 11) is 3.48. The predicted molar refractivity (Wildman–Crippen MR) is 132 cm³/mol.